The third kappa shape index (κ3) is 2.63. The molecule has 2 heterocycles. The SMILES string of the molecule is CC1(C)OB(C(=Cc2csc3ccccc23)CO)OC1(C)C. The van der Waals surface area contributed by atoms with Crippen molar-refractivity contribution in [2.75, 3.05) is 6.61 Å². The van der Waals surface area contributed by atoms with Gasteiger partial charge in [0.25, 0.3) is 0 Å². The fourth-order valence-corrected chi connectivity index (χ4v) is 3.41. The van der Waals surface area contributed by atoms with E-state index in [1.807, 2.05) is 45.9 Å². The summed E-state index contributed by atoms with van der Waals surface area (Å²) in [6.45, 7) is 7.98. The molecule has 0 bridgehead atoms. The van der Waals surface area contributed by atoms with Gasteiger partial charge >= 0.3 is 7.12 Å². The Bertz CT molecular complexity index is 702. The van der Waals surface area contributed by atoms with Crippen LogP contribution in [0.2, 0.25) is 0 Å². The topological polar surface area (TPSA) is 38.7 Å². The first-order valence-corrected chi connectivity index (χ1v) is 8.35. The van der Waals surface area contributed by atoms with Crippen LogP contribution < -0.4 is 0 Å². The van der Waals surface area contributed by atoms with Gasteiger partial charge in [-0.2, -0.15) is 0 Å². The lowest BCUT2D eigenvalue weighted by Gasteiger charge is -2.32. The van der Waals surface area contributed by atoms with Crippen molar-refractivity contribution in [1.29, 1.82) is 0 Å². The molecule has 0 atom stereocenters. The average Bonchev–Trinajstić information content (AvgIpc) is 2.95. The Morgan fingerprint density at radius 2 is 1.82 bits per heavy atom. The van der Waals surface area contributed by atoms with Gasteiger partial charge in [-0.1, -0.05) is 24.3 Å². The lowest BCUT2D eigenvalue weighted by Crippen LogP contribution is -2.41. The van der Waals surface area contributed by atoms with E-state index in [0.29, 0.717) is 0 Å². The second kappa shape index (κ2) is 5.50. The second-order valence-corrected chi connectivity index (χ2v) is 7.56. The van der Waals surface area contributed by atoms with Crippen molar-refractivity contribution in [3.63, 3.8) is 0 Å². The highest BCUT2D eigenvalue weighted by molar-refractivity contribution is 7.17. The number of aliphatic hydroxyl groups excluding tert-OH is 1. The van der Waals surface area contributed by atoms with E-state index in [1.54, 1.807) is 11.3 Å². The van der Waals surface area contributed by atoms with Crippen LogP contribution in [-0.2, 0) is 9.31 Å². The summed E-state index contributed by atoms with van der Waals surface area (Å²) in [4.78, 5) is 0. The maximum atomic E-state index is 9.77. The third-order valence-electron chi connectivity index (χ3n) is 4.59. The number of aliphatic hydroxyl groups is 1. The summed E-state index contributed by atoms with van der Waals surface area (Å²) in [5, 5.41) is 13.1. The van der Waals surface area contributed by atoms with E-state index >= 15 is 0 Å². The van der Waals surface area contributed by atoms with Gasteiger partial charge in [0.05, 0.1) is 17.8 Å². The highest BCUT2D eigenvalue weighted by atomic mass is 32.1. The first-order valence-electron chi connectivity index (χ1n) is 7.47. The summed E-state index contributed by atoms with van der Waals surface area (Å²) in [7, 11) is -0.506. The van der Waals surface area contributed by atoms with Crippen LogP contribution in [-0.4, -0.2) is 30.0 Å². The molecule has 116 valence electrons. The van der Waals surface area contributed by atoms with Crippen molar-refractivity contribution in [1.82, 2.24) is 0 Å². The van der Waals surface area contributed by atoms with Crippen LogP contribution in [0.3, 0.4) is 0 Å². The van der Waals surface area contributed by atoms with E-state index in [2.05, 4.69) is 17.5 Å². The predicted octanol–water partition coefficient (Wildman–Crippen LogP) is 3.91. The molecule has 1 aliphatic rings. The molecule has 5 heteroatoms. The van der Waals surface area contributed by atoms with Crippen LogP contribution in [0.1, 0.15) is 33.3 Å². The maximum absolute atomic E-state index is 9.77. The molecule has 1 aromatic carbocycles. The van der Waals surface area contributed by atoms with Gasteiger partial charge in [0.15, 0.2) is 0 Å². The molecule has 1 saturated heterocycles. The molecule has 0 aliphatic carbocycles. The highest BCUT2D eigenvalue weighted by Crippen LogP contribution is 2.39. The summed E-state index contributed by atoms with van der Waals surface area (Å²) < 4.78 is 13.3. The number of benzene rings is 1. The summed E-state index contributed by atoms with van der Waals surface area (Å²) in [5.41, 5.74) is 1.05. The standard InChI is InChI=1S/C17H21BO3S/c1-16(2)17(3,4)21-18(20-16)13(10-19)9-12-11-22-15-8-6-5-7-14(12)15/h5-9,11,19H,10H2,1-4H3. The van der Waals surface area contributed by atoms with Crippen molar-refractivity contribution in [3.05, 3.63) is 40.7 Å². The smallest absolute Gasteiger partial charge is 0.400 e. The van der Waals surface area contributed by atoms with Crippen LogP contribution >= 0.6 is 11.3 Å². The molecule has 0 spiro atoms. The van der Waals surface area contributed by atoms with E-state index < -0.39 is 18.3 Å². The van der Waals surface area contributed by atoms with Crippen molar-refractivity contribution < 1.29 is 14.4 Å². The van der Waals surface area contributed by atoms with Gasteiger partial charge in [0, 0.05) is 4.70 Å². The van der Waals surface area contributed by atoms with Gasteiger partial charge in [0.2, 0.25) is 0 Å². The molecular formula is C17H21BO3S. The molecule has 3 nitrogen and oxygen atoms in total. The first kappa shape index (κ1) is 15.7. The quantitative estimate of drug-likeness (QED) is 0.873. The molecule has 22 heavy (non-hydrogen) atoms. The third-order valence-corrected chi connectivity index (χ3v) is 5.57. The Kier molecular flexibility index (Phi) is 3.93. The number of hydrogen-bond acceptors (Lipinski definition) is 4. The molecule has 0 amide bonds. The average molecular weight is 316 g/mol. The van der Waals surface area contributed by atoms with Gasteiger partial charge < -0.3 is 14.4 Å². The fourth-order valence-electron chi connectivity index (χ4n) is 2.49. The fraction of sp³-hybridized carbons (Fsp3) is 0.412. The first-order chi connectivity index (χ1) is 10.3. The molecule has 1 aromatic heterocycles. The summed E-state index contributed by atoms with van der Waals surface area (Å²) in [6.07, 6.45) is 1.99. The Morgan fingerprint density at radius 1 is 1.18 bits per heavy atom. The van der Waals surface area contributed by atoms with E-state index in [1.165, 1.54) is 10.1 Å². The molecule has 3 rings (SSSR count). The second-order valence-electron chi connectivity index (χ2n) is 6.65. The van der Waals surface area contributed by atoms with Crippen molar-refractivity contribution >= 4 is 34.6 Å². The van der Waals surface area contributed by atoms with Crippen LogP contribution in [0.25, 0.3) is 16.2 Å². The molecule has 0 radical (unpaired) electrons. The maximum Gasteiger partial charge on any atom is 0.492 e. The number of hydrogen-bond donors (Lipinski definition) is 1. The van der Waals surface area contributed by atoms with Crippen LogP contribution in [0.5, 0.6) is 0 Å². The van der Waals surface area contributed by atoms with Crippen LogP contribution in [0, 0.1) is 0 Å². The van der Waals surface area contributed by atoms with Gasteiger partial charge in [-0.3, -0.25) is 0 Å². The minimum Gasteiger partial charge on any atom is -0.400 e. The van der Waals surface area contributed by atoms with Gasteiger partial charge in [-0.15, -0.1) is 11.3 Å². The van der Waals surface area contributed by atoms with Crippen molar-refractivity contribution in [3.8, 4) is 0 Å². The Balaban J connectivity index is 1.95. The Hall–Kier alpha value is -1.14. The molecular weight excluding hydrogens is 295 g/mol. The van der Waals surface area contributed by atoms with E-state index in [-0.39, 0.29) is 6.61 Å². The van der Waals surface area contributed by atoms with E-state index in [9.17, 15) is 5.11 Å². The number of fused-ring (bicyclic) bond motifs is 1. The lowest BCUT2D eigenvalue weighted by molar-refractivity contribution is 0.00578. The van der Waals surface area contributed by atoms with E-state index in [0.717, 1.165) is 11.0 Å². The van der Waals surface area contributed by atoms with Crippen molar-refractivity contribution in [2.24, 2.45) is 0 Å². The van der Waals surface area contributed by atoms with Gasteiger partial charge in [-0.25, -0.2) is 0 Å². The van der Waals surface area contributed by atoms with Crippen LogP contribution in [0.15, 0.2) is 35.1 Å². The zero-order chi connectivity index (χ0) is 16.0. The minimum absolute atomic E-state index is 0.0823. The summed E-state index contributed by atoms with van der Waals surface area (Å²) in [5.74, 6) is 0. The predicted molar refractivity (Wildman–Crippen MR) is 93.0 cm³/mol. The van der Waals surface area contributed by atoms with Crippen LogP contribution in [0.4, 0.5) is 0 Å². The lowest BCUT2D eigenvalue weighted by atomic mass is 9.77. The molecule has 1 aliphatic heterocycles. The summed E-state index contributed by atoms with van der Waals surface area (Å²) >= 11 is 1.70. The van der Waals surface area contributed by atoms with E-state index in [4.69, 9.17) is 9.31 Å². The molecule has 0 saturated carbocycles. The largest absolute Gasteiger partial charge is 0.492 e. The number of rotatable bonds is 3. The Labute approximate surface area is 135 Å². The normalized spacial score (nSPS) is 20.8. The monoisotopic (exact) mass is 316 g/mol. The number of thiophene rings is 1. The van der Waals surface area contributed by atoms with Gasteiger partial charge in [0.1, 0.15) is 0 Å². The highest BCUT2D eigenvalue weighted by Gasteiger charge is 2.52. The molecule has 1 fully saturated rings. The summed E-state index contributed by atoms with van der Waals surface area (Å²) in [6, 6.07) is 8.26. The minimum atomic E-state index is -0.506. The molecule has 2 aromatic rings. The van der Waals surface area contributed by atoms with Crippen molar-refractivity contribution in [2.45, 2.75) is 38.9 Å². The zero-order valence-electron chi connectivity index (χ0n) is 13.4. The van der Waals surface area contributed by atoms with Gasteiger partial charge in [-0.05, 0) is 55.6 Å². The molecule has 1 N–H and O–H groups in total. The Morgan fingerprint density at radius 3 is 2.45 bits per heavy atom. The zero-order valence-corrected chi connectivity index (χ0v) is 14.2. The molecule has 0 unspecified atom stereocenters.